The van der Waals surface area contributed by atoms with Crippen LogP contribution in [0.3, 0.4) is 0 Å². The fourth-order valence-corrected chi connectivity index (χ4v) is 5.82. The van der Waals surface area contributed by atoms with Crippen LogP contribution in [0.25, 0.3) is 0 Å². The molecule has 2 aliphatic rings. The molecule has 8 heteroatoms. The average molecular weight is 457 g/mol. The smallest absolute Gasteiger partial charge is 0.335 e. The number of nitrogens with zero attached hydrogens (tertiary/aromatic N) is 2. The Morgan fingerprint density at radius 2 is 2.09 bits per heavy atom. The predicted octanol–water partition coefficient (Wildman–Crippen LogP) is 3.79. The normalized spacial score (nSPS) is 24.2. The van der Waals surface area contributed by atoms with Gasteiger partial charge in [-0.1, -0.05) is 12.1 Å². The van der Waals surface area contributed by atoms with E-state index in [1.807, 2.05) is 17.5 Å². The number of hydrazone groups is 1. The molecule has 2 amide bonds. The lowest BCUT2D eigenvalue weighted by atomic mass is 9.65. The van der Waals surface area contributed by atoms with Crippen molar-refractivity contribution in [3.05, 3.63) is 46.2 Å². The van der Waals surface area contributed by atoms with Gasteiger partial charge in [0, 0.05) is 35.0 Å². The van der Waals surface area contributed by atoms with Crippen molar-refractivity contribution < 1.29 is 14.3 Å². The summed E-state index contributed by atoms with van der Waals surface area (Å²) in [6.45, 7) is 1.65. The third kappa shape index (κ3) is 4.61. The first-order valence-corrected chi connectivity index (χ1v) is 12.0. The zero-order chi connectivity index (χ0) is 22.6. The van der Waals surface area contributed by atoms with Crippen LogP contribution in [-0.4, -0.2) is 57.0 Å². The summed E-state index contributed by atoms with van der Waals surface area (Å²) in [5, 5.41) is 9.40. The van der Waals surface area contributed by atoms with Gasteiger partial charge in [0.15, 0.2) is 11.5 Å². The first kappa shape index (κ1) is 22.6. The molecule has 2 heterocycles. The van der Waals surface area contributed by atoms with Gasteiger partial charge in [0.1, 0.15) is 0 Å². The molecule has 1 aliphatic carbocycles. The van der Waals surface area contributed by atoms with Crippen molar-refractivity contribution in [2.24, 2.45) is 5.10 Å². The fourth-order valence-electron chi connectivity index (χ4n) is 5.11. The number of nitrogens with one attached hydrogen (secondary N) is 2. The van der Waals surface area contributed by atoms with E-state index in [2.05, 4.69) is 46.0 Å². The van der Waals surface area contributed by atoms with Gasteiger partial charge in [0.25, 0.3) is 0 Å². The van der Waals surface area contributed by atoms with Crippen molar-refractivity contribution in [2.45, 2.75) is 43.6 Å². The number of carbonyl (C=O) groups is 1. The van der Waals surface area contributed by atoms with Crippen LogP contribution < -0.4 is 20.2 Å². The SMILES string of the molecule is COc1ccc([C@@]23CC/C(=N\NC(=O)NCCc4cccs4)C[C@@H]2N(C)CC3)cc1OC. The van der Waals surface area contributed by atoms with E-state index in [-0.39, 0.29) is 11.4 Å². The number of fused-ring (bicyclic) bond motifs is 1. The van der Waals surface area contributed by atoms with Crippen molar-refractivity contribution in [3.8, 4) is 11.5 Å². The second-order valence-corrected chi connectivity index (χ2v) is 9.58. The number of likely N-dealkylation sites (tertiary alicyclic amines) is 1. The molecule has 1 aliphatic heterocycles. The van der Waals surface area contributed by atoms with Gasteiger partial charge in [-0.25, -0.2) is 10.2 Å². The third-order valence-corrected chi connectivity index (χ3v) is 7.82. The maximum atomic E-state index is 12.2. The van der Waals surface area contributed by atoms with Crippen LogP contribution in [0, 0.1) is 0 Å². The predicted molar refractivity (Wildman–Crippen MR) is 128 cm³/mol. The number of likely N-dealkylation sites (N-methyl/N-ethyl adjacent to an activating group) is 1. The number of carbonyl (C=O) groups excluding carboxylic acids is 1. The highest BCUT2D eigenvalue weighted by atomic mass is 32.1. The molecule has 32 heavy (non-hydrogen) atoms. The maximum Gasteiger partial charge on any atom is 0.335 e. The van der Waals surface area contributed by atoms with Crippen LogP contribution in [0.4, 0.5) is 4.79 Å². The lowest BCUT2D eigenvalue weighted by molar-refractivity contribution is 0.225. The fraction of sp³-hybridized carbons (Fsp3) is 0.500. The van der Waals surface area contributed by atoms with Crippen molar-refractivity contribution in [2.75, 3.05) is 34.4 Å². The van der Waals surface area contributed by atoms with E-state index < -0.39 is 0 Å². The first-order chi connectivity index (χ1) is 15.6. The van der Waals surface area contributed by atoms with Gasteiger partial charge in [-0.15, -0.1) is 11.3 Å². The summed E-state index contributed by atoms with van der Waals surface area (Å²) < 4.78 is 11.0. The quantitative estimate of drug-likeness (QED) is 0.622. The summed E-state index contributed by atoms with van der Waals surface area (Å²) in [7, 11) is 5.53. The van der Waals surface area contributed by atoms with E-state index in [1.165, 1.54) is 10.4 Å². The van der Waals surface area contributed by atoms with Gasteiger partial charge < -0.3 is 19.7 Å². The summed E-state index contributed by atoms with van der Waals surface area (Å²) in [6.07, 6.45) is 4.66. The molecular weight excluding hydrogens is 424 g/mol. The lowest BCUT2D eigenvalue weighted by Crippen LogP contribution is -2.46. The van der Waals surface area contributed by atoms with E-state index in [0.717, 1.165) is 55.9 Å². The Kier molecular flexibility index (Phi) is 7.01. The van der Waals surface area contributed by atoms with E-state index >= 15 is 0 Å². The van der Waals surface area contributed by atoms with Gasteiger partial charge in [0.2, 0.25) is 0 Å². The summed E-state index contributed by atoms with van der Waals surface area (Å²) >= 11 is 1.70. The highest BCUT2D eigenvalue weighted by molar-refractivity contribution is 7.09. The number of ether oxygens (including phenoxy) is 2. The number of methoxy groups -OCH3 is 2. The Morgan fingerprint density at radius 3 is 2.84 bits per heavy atom. The topological polar surface area (TPSA) is 75.2 Å². The van der Waals surface area contributed by atoms with Crippen LogP contribution in [-0.2, 0) is 11.8 Å². The van der Waals surface area contributed by atoms with Crippen molar-refractivity contribution in [1.29, 1.82) is 0 Å². The molecule has 1 saturated heterocycles. The highest BCUT2D eigenvalue weighted by Gasteiger charge is 2.49. The summed E-state index contributed by atoms with van der Waals surface area (Å²) in [5.74, 6) is 1.52. The van der Waals surface area contributed by atoms with E-state index in [1.54, 1.807) is 25.6 Å². The number of benzene rings is 1. The number of hydrogen-bond donors (Lipinski definition) is 2. The molecule has 0 spiro atoms. The molecule has 4 rings (SSSR count). The minimum Gasteiger partial charge on any atom is -0.493 e. The number of rotatable bonds is 7. The molecule has 0 unspecified atom stereocenters. The lowest BCUT2D eigenvalue weighted by Gasteiger charge is -2.42. The van der Waals surface area contributed by atoms with Gasteiger partial charge in [-0.3, -0.25) is 0 Å². The standard InChI is InChI=1S/C24H32N4O3S/c1-28-13-11-24(17-6-7-20(30-2)21(15-17)31-3)10-8-18(16-22(24)28)26-27-23(29)25-12-9-19-5-4-14-32-19/h4-7,14-15,22H,8-13,16H2,1-3H3,(H2,25,27,29)/b26-18+/t22-,24-/m0/s1. The molecule has 2 N–H and O–H groups in total. The van der Waals surface area contributed by atoms with E-state index in [9.17, 15) is 4.79 Å². The molecule has 172 valence electrons. The van der Waals surface area contributed by atoms with Crippen LogP contribution in [0.15, 0.2) is 40.8 Å². The molecule has 2 atom stereocenters. The van der Waals surface area contributed by atoms with Gasteiger partial charge in [0.05, 0.1) is 14.2 Å². The zero-order valence-corrected chi connectivity index (χ0v) is 19.8. The Balaban J connectivity index is 1.40. The van der Waals surface area contributed by atoms with Crippen LogP contribution in [0.1, 0.15) is 36.1 Å². The van der Waals surface area contributed by atoms with Gasteiger partial charge in [-0.05, 0) is 68.4 Å². The molecule has 0 radical (unpaired) electrons. The van der Waals surface area contributed by atoms with Crippen LogP contribution >= 0.6 is 11.3 Å². The Morgan fingerprint density at radius 1 is 1.25 bits per heavy atom. The molecule has 1 aromatic heterocycles. The number of urea groups is 1. The van der Waals surface area contributed by atoms with Crippen molar-refractivity contribution in [1.82, 2.24) is 15.6 Å². The number of hydrogen-bond acceptors (Lipinski definition) is 6. The zero-order valence-electron chi connectivity index (χ0n) is 19.0. The second kappa shape index (κ2) is 9.92. The molecule has 2 aromatic rings. The monoisotopic (exact) mass is 456 g/mol. The maximum absolute atomic E-state index is 12.2. The number of thiophene rings is 1. The Hall–Kier alpha value is -2.58. The summed E-state index contributed by atoms with van der Waals surface area (Å²) in [6, 6.07) is 10.5. The molecule has 1 saturated carbocycles. The second-order valence-electron chi connectivity index (χ2n) is 8.55. The highest BCUT2D eigenvalue weighted by Crippen LogP contribution is 2.49. The van der Waals surface area contributed by atoms with Crippen molar-refractivity contribution >= 4 is 23.1 Å². The van der Waals surface area contributed by atoms with Gasteiger partial charge in [-0.2, -0.15) is 5.10 Å². The van der Waals surface area contributed by atoms with Gasteiger partial charge >= 0.3 is 6.03 Å². The molecular formula is C24H32N4O3S. The van der Waals surface area contributed by atoms with E-state index in [0.29, 0.717) is 12.6 Å². The van der Waals surface area contributed by atoms with Crippen molar-refractivity contribution in [3.63, 3.8) is 0 Å². The minimum atomic E-state index is -0.245. The van der Waals surface area contributed by atoms with E-state index in [4.69, 9.17) is 9.47 Å². The van der Waals surface area contributed by atoms with Crippen LogP contribution in [0.2, 0.25) is 0 Å². The molecule has 7 nitrogen and oxygen atoms in total. The average Bonchev–Trinajstić information content (AvgIpc) is 3.46. The Labute approximate surface area is 193 Å². The largest absolute Gasteiger partial charge is 0.493 e. The van der Waals surface area contributed by atoms with Crippen LogP contribution in [0.5, 0.6) is 11.5 Å². The summed E-state index contributed by atoms with van der Waals surface area (Å²) in [5.41, 5.74) is 5.11. The third-order valence-electron chi connectivity index (χ3n) is 6.88. The molecule has 1 aromatic carbocycles. The first-order valence-electron chi connectivity index (χ1n) is 11.1. The molecule has 0 bridgehead atoms. The minimum absolute atomic E-state index is 0.0658. The number of amides is 2. The molecule has 2 fully saturated rings. The summed E-state index contributed by atoms with van der Waals surface area (Å²) in [4.78, 5) is 15.8. The Bertz CT molecular complexity index is 962.